The quantitative estimate of drug-likeness (QED) is 0.836. The molecule has 1 aliphatic heterocycles. The standard InChI is InChI=1S/C18H25N5O2S/c1-11-9-23(10-12(2)25-11)15-6-5-14(7-20-15)8-21-17(24)16-13(3)22-26-18(16)19-4/h5-7,11-12,19H,8-10H2,1-4H3,(H,21,24)/t11-,12+. The molecule has 0 unspecified atom stereocenters. The minimum atomic E-state index is -0.125. The van der Waals surface area contributed by atoms with E-state index in [-0.39, 0.29) is 18.1 Å². The van der Waals surface area contributed by atoms with Crippen LogP contribution in [0.15, 0.2) is 18.3 Å². The van der Waals surface area contributed by atoms with E-state index in [0.29, 0.717) is 12.1 Å². The molecule has 0 aromatic carbocycles. The van der Waals surface area contributed by atoms with Crippen molar-refractivity contribution in [2.24, 2.45) is 0 Å². The molecule has 1 aliphatic rings. The zero-order valence-electron chi connectivity index (χ0n) is 15.6. The number of nitrogens with one attached hydrogen (secondary N) is 2. The lowest BCUT2D eigenvalue weighted by Gasteiger charge is -2.36. The van der Waals surface area contributed by atoms with Gasteiger partial charge in [-0.05, 0) is 43.9 Å². The first-order valence-corrected chi connectivity index (χ1v) is 9.52. The van der Waals surface area contributed by atoms with Gasteiger partial charge in [-0.15, -0.1) is 0 Å². The van der Waals surface area contributed by atoms with Crippen LogP contribution in [-0.2, 0) is 11.3 Å². The van der Waals surface area contributed by atoms with Gasteiger partial charge >= 0.3 is 0 Å². The molecular formula is C18H25N5O2S. The van der Waals surface area contributed by atoms with Gasteiger partial charge in [0.2, 0.25) is 0 Å². The number of hydrogen-bond donors (Lipinski definition) is 2. The lowest BCUT2D eigenvalue weighted by molar-refractivity contribution is -0.00546. The lowest BCUT2D eigenvalue weighted by atomic mass is 10.2. The summed E-state index contributed by atoms with van der Waals surface area (Å²) in [5.41, 5.74) is 2.31. The Labute approximate surface area is 157 Å². The number of pyridine rings is 1. The summed E-state index contributed by atoms with van der Waals surface area (Å²) < 4.78 is 9.99. The highest BCUT2D eigenvalue weighted by molar-refractivity contribution is 7.10. The van der Waals surface area contributed by atoms with Crippen molar-refractivity contribution < 1.29 is 9.53 Å². The minimum absolute atomic E-state index is 0.125. The van der Waals surface area contributed by atoms with Gasteiger partial charge in [0, 0.05) is 32.9 Å². The summed E-state index contributed by atoms with van der Waals surface area (Å²) in [6.45, 7) is 8.10. The Hall–Kier alpha value is -2.19. The van der Waals surface area contributed by atoms with Crippen molar-refractivity contribution in [3.05, 3.63) is 35.2 Å². The number of nitrogens with zero attached hydrogens (tertiary/aromatic N) is 3. The van der Waals surface area contributed by atoms with E-state index in [1.165, 1.54) is 11.5 Å². The van der Waals surface area contributed by atoms with Crippen LogP contribution in [0.2, 0.25) is 0 Å². The molecule has 1 saturated heterocycles. The highest BCUT2D eigenvalue weighted by Crippen LogP contribution is 2.24. The van der Waals surface area contributed by atoms with Crippen LogP contribution in [0, 0.1) is 6.92 Å². The monoisotopic (exact) mass is 375 g/mol. The fourth-order valence-corrected chi connectivity index (χ4v) is 3.89. The maximum atomic E-state index is 12.4. The van der Waals surface area contributed by atoms with Gasteiger partial charge in [-0.1, -0.05) is 6.07 Å². The number of rotatable bonds is 5. The molecule has 2 aromatic heterocycles. The van der Waals surface area contributed by atoms with E-state index < -0.39 is 0 Å². The first kappa shape index (κ1) is 18.6. The summed E-state index contributed by atoms with van der Waals surface area (Å²) in [7, 11) is 1.79. The second-order valence-electron chi connectivity index (χ2n) is 6.59. The fraction of sp³-hybridized carbons (Fsp3) is 0.500. The maximum Gasteiger partial charge on any atom is 0.256 e. The Balaban J connectivity index is 1.61. The number of carbonyl (C=O) groups is 1. The van der Waals surface area contributed by atoms with Crippen molar-refractivity contribution >= 4 is 28.3 Å². The number of aryl methyl sites for hydroxylation is 1. The van der Waals surface area contributed by atoms with Gasteiger partial charge in [0.1, 0.15) is 10.8 Å². The summed E-state index contributed by atoms with van der Waals surface area (Å²) in [5, 5.41) is 6.74. The molecule has 7 nitrogen and oxygen atoms in total. The Bertz CT molecular complexity index is 751. The average Bonchev–Trinajstić information content (AvgIpc) is 3.00. The Morgan fingerprint density at radius 3 is 2.69 bits per heavy atom. The minimum Gasteiger partial charge on any atom is -0.378 e. The van der Waals surface area contributed by atoms with Gasteiger partial charge in [0.25, 0.3) is 5.91 Å². The zero-order valence-corrected chi connectivity index (χ0v) is 16.4. The van der Waals surface area contributed by atoms with E-state index >= 15 is 0 Å². The number of amides is 1. The Kier molecular flexibility index (Phi) is 5.73. The summed E-state index contributed by atoms with van der Waals surface area (Å²) in [4.78, 5) is 19.2. The van der Waals surface area contributed by atoms with E-state index in [1.54, 1.807) is 7.05 Å². The molecule has 3 rings (SSSR count). The van der Waals surface area contributed by atoms with Crippen molar-refractivity contribution in [3.63, 3.8) is 0 Å². The first-order valence-electron chi connectivity index (χ1n) is 8.75. The van der Waals surface area contributed by atoms with Crippen LogP contribution in [0.1, 0.15) is 35.5 Å². The average molecular weight is 375 g/mol. The molecule has 0 saturated carbocycles. The van der Waals surface area contributed by atoms with Gasteiger partial charge in [0.05, 0.1) is 23.5 Å². The van der Waals surface area contributed by atoms with E-state index in [2.05, 4.69) is 38.7 Å². The predicted molar refractivity (Wildman–Crippen MR) is 104 cm³/mol. The van der Waals surface area contributed by atoms with Crippen LogP contribution in [0.4, 0.5) is 10.8 Å². The van der Waals surface area contributed by atoms with E-state index in [4.69, 9.17) is 4.74 Å². The largest absolute Gasteiger partial charge is 0.378 e. The molecule has 0 bridgehead atoms. The molecular weight excluding hydrogens is 350 g/mol. The van der Waals surface area contributed by atoms with Crippen molar-refractivity contribution in [2.75, 3.05) is 30.4 Å². The fourth-order valence-electron chi connectivity index (χ4n) is 3.15. The van der Waals surface area contributed by atoms with Crippen LogP contribution in [-0.4, -0.2) is 47.6 Å². The SMILES string of the molecule is CNc1snc(C)c1C(=O)NCc1ccc(N2C[C@@H](C)O[C@@H](C)C2)nc1. The second-order valence-corrected chi connectivity index (χ2v) is 7.37. The van der Waals surface area contributed by atoms with Crippen LogP contribution in [0.5, 0.6) is 0 Å². The smallest absolute Gasteiger partial charge is 0.256 e. The van der Waals surface area contributed by atoms with Gasteiger partial charge in [-0.25, -0.2) is 4.98 Å². The Morgan fingerprint density at radius 1 is 1.35 bits per heavy atom. The van der Waals surface area contributed by atoms with E-state index in [1.807, 2.05) is 25.3 Å². The first-order chi connectivity index (χ1) is 12.5. The van der Waals surface area contributed by atoms with E-state index in [0.717, 1.165) is 35.2 Å². The molecule has 0 radical (unpaired) electrons. The van der Waals surface area contributed by atoms with Gasteiger partial charge in [-0.3, -0.25) is 4.79 Å². The number of aromatic nitrogens is 2. The molecule has 0 spiro atoms. The molecule has 0 aliphatic carbocycles. The number of anilines is 2. The summed E-state index contributed by atoms with van der Waals surface area (Å²) >= 11 is 1.29. The summed E-state index contributed by atoms with van der Waals surface area (Å²) in [5.74, 6) is 0.818. The number of morpholine rings is 1. The van der Waals surface area contributed by atoms with Crippen molar-refractivity contribution in [2.45, 2.75) is 39.5 Å². The summed E-state index contributed by atoms with van der Waals surface area (Å²) in [6, 6.07) is 4.01. The predicted octanol–water partition coefficient (Wildman–Crippen LogP) is 2.43. The zero-order chi connectivity index (χ0) is 18.7. The van der Waals surface area contributed by atoms with Gasteiger partial charge in [0.15, 0.2) is 0 Å². The van der Waals surface area contributed by atoms with Gasteiger partial charge in [-0.2, -0.15) is 4.37 Å². The maximum absolute atomic E-state index is 12.4. The Morgan fingerprint density at radius 2 is 2.08 bits per heavy atom. The number of hydrogen-bond acceptors (Lipinski definition) is 7. The molecule has 140 valence electrons. The molecule has 1 amide bonds. The highest BCUT2D eigenvalue weighted by atomic mass is 32.1. The number of ether oxygens (including phenoxy) is 1. The molecule has 26 heavy (non-hydrogen) atoms. The highest BCUT2D eigenvalue weighted by Gasteiger charge is 2.23. The topological polar surface area (TPSA) is 79.4 Å². The number of carbonyl (C=O) groups excluding carboxylic acids is 1. The van der Waals surface area contributed by atoms with Crippen molar-refractivity contribution in [1.29, 1.82) is 0 Å². The third-order valence-corrected chi connectivity index (χ3v) is 5.28. The van der Waals surface area contributed by atoms with Crippen LogP contribution in [0.25, 0.3) is 0 Å². The lowest BCUT2D eigenvalue weighted by Crippen LogP contribution is -2.45. The molecule has 1 fully saturated rings. The van der Waals surface area contributed by atoms with Crippen molar-refractivity contribution in [1.82, 2.24) is 14.7 Å². The van der Waals surface area contributed by atoms with Crippen LogP contribution in [0.3, 0.4) is 0 Å². The third kappa shape index (κ3) is 4.13. The third-order valence-electron chi connectivity index (χ3n) is 4.32. The van der Waals surface area contributed by atoms with Gasteiger partial charge < -0.3 is 20.3 Å². The van der Waals surface area contributed by atoms with Crippen LogP contribution < -0.4 is 15.5 Å². The summed E-state index contributed by atoms with van der Waals surface area (Å²) in [6.07, 6.45) is 2.21. The molecule has 8 heteroatoms. The van der Waals surface area contributed by atoms with Crippen molar-refractivity contribution in [3.8, 4) is 0 Å². The van der Waals surface area contributed by atoms with Crippen LogP contribution >= 0.6 is 11.5 Å². The molecule has 2 aromatic rings. The van der Waals surface area contributed by atoms with E-state index in [9.17, 15) is 4.79 Å². The molecule has 3 heterocycles. The normalized spacial score (nSPS) is 20.1. The molecule has 2 atom stereocenters. The molecule has 2 N–H and O–H groups in total. The second kappa shape index (κ2) is 8.01.